The molecule has 4 saturated carbocycles. The van der Waals surface area contributed by atoms with Crippen molar-refractivity contribution in [3.8, 4) is 0 Å². The molecule has 0 aliphatic heterocycles. The van der Waals surface area contributed by atoms with Crippen LogP contribution in [0.5, 0.6) is 0 Å². The van der Waals surface area contributed by atoms with E-state index in [0.29, 0.717) is 41.4 Å². The number of rotatable bonds is 14. The fourth-order valence-corrected chi connectivity index (χ4v) is 10.2. The van der Waals surface area contributed by atoms with Crippen LogP contribution in [-0.2, 0) is 26.0 Å². The van der Waals surface area contributed by atoms with Crippen molar-refractivity contribution in [3.63, 3.8) is 0 Å². The molecule has 6 unspecified atom stereocenters. The highest BCUT2D eigenvalue weighted by atomic mass is 16.6. The number of fused-ring (bicyclic) bond motifs is 1. The van der Waals surface area contributed by atoms with Crippen molar-refractivity contribution in [2.75, 3.05) is 0 Å². The number of nitrogens with zero attached hydrogens (tertiary/aromatic N) is 1. The van der Waals surface area contributed by atoms with Crippen molar-refractivity contribution in [1.29, 1.82) is 0 Å². The number of H-pyrrole nitrogens is 1. The summed E-state index contributed by atoms with van der Waals surface area (Å²) >= 11 is 0. The van der Waals surface area contributed by atoms with Gasteiger partial charge in [0.15, 0.2) is 0 Å². The predicted molar refractivity (Wildman–Crippen MR) is 237 cm³/mol. The van der Waals surface area contributed by atoms with E-state index in [1.54, 1.807) is 36.4 Å². The minimum Gasteiger partial charge on any atom is -0.458 e. The second-order valence-electron chi connectivity index (χ2n) is 17.8. The third-order valence-electron chi connectivity index (χ3n) is 13.9. The molecule has 0 saturated heterocycles. The topological polar surface area (TPSA) is 108 Å². The number of imidazole rings is 1. The minimum atomic E-state index is -0.629. The van der Waals surface area contributed by atoms with E-state index in [1.807, 2.05) is 60.8 Å². The molecule has 61 heavy (non-hydrogen) atoms. The maximum absolute atomic E-state index is 13.5. The first-order valence-electron chi connectivity index (χ1n) is 22.2. The Morgan fingerprint density at radius 2 is 1.49 bits per heavy atom. The fourth-order valence-electron chi connectivity index (χ4n) is 10.2. The van der Waals surface area contributed by atoms with Crippen molar-refractivity contribution >= 4 is 17.9 Å². The zero-order chi connectivity index (χ0) is 42.4. The second kappa shape index (κ2) is 18.5. The summed E-state index contributed by atoms with van der Waals surface area (Å²) in [6.07, 6.45) is 20.3. The lowest BCUT2D eigenvalue weighted by atomic mass is 9.63. The van der Waals surface area contributed by atoms with Gasteiger partial charge in [-0.1, -0.05) is 105 Å². The molecular weight excluding hydrogens is 761 g/mol. The molecule has 0 bridgehead atoms. The van der Waals surface area contributed by atoms with Crippen molar-refractivity contribution in [3.05, 3.63) is 173 Å². The largest absolute Gasteiger partial charge is 0.458 e. The lowest BCUT2D eigenvalue weighted by molar-refractivity contribution is 0.00212. The zero-order valence-corrected chi connectivity index (χ0v) is 35.5. The van der Waals surface area contributed by atoms with Crippen molar-refractivity contribution in [2.45, 2.75) is 115 Å². The molecule has 8 nitrogen and oxygen atoms in total. The monoisotopic (exact) mass is 818 g/mol. The average molecular weight is 819 g/mol. The standard InChI is InChI=1S/C53H58N2O6/c1-4-16-43-35-54-51(55-43)53(31-32-53)47(61-50(58)40-21-12-7-13-22-40)25-14-24-42-28-29-45-37(23-15-30-52(42,45)3)26-27-41-33-44(59-48(56)38-17-8-5-9-18-38)34-46(36(41)2)60-49(57)39-19-10-6-11-20-39/h5-14,17-22,25-27,35,42,44-47H,2,4,15-16,23-24,28-34H2,1,3H3,(H,54,55)/b25-14+,37-26+,41-27-. The molecule has 0 radical (unpaired) electrons. The zero-order valence-electron chi connectivity index (χ0n) is 35.5. The third-order valence-corrected chi connectivity index (χ3v) is 13.9. The van der Waals surface area contributed by atoms with Gasteiger partial charge in [-0.05, 0) is 129 Å². The number of hydrogen-bond acceptors (Lipinski definition) is 7. The van der Waals surface area contributed by atoms with E-state index in [0.717, 1.165) is 86.9 Å². The van der Waals surface area contributed by atoms with Crippen LogP contribution < -0.4 is 0 Å². The van der Waals surface area contributed by atoms with Gasteiger partial charge in [0, 0.05) is 24.7 Å². The lowest BCUT2D eigenvalue weighted by Gasteiger charge is -2.42. The highest BCUT2D eigenvalue weighted by molar-refractivity contribution is 5.90. The number of esters is 3. The van der Waals surface area contributed by atoms with Crippen molar-refractivity contribution in [2.24, 2.45) is 17.3 Å². The maximum atomic E-state index is 13.5. The van der Waals surface area contributed by atoms with Crippen LogP contribution in [0.1, 0.15) is 127 Å². The van der Waals surface area contributed by atoms with E-state index in [-0.39, 0.29) is 16.8 Å². The molecule has 4 aromatic rings. The normalized spacial score (nSPS) is 26.2. The average Bonchev–Trinajstić information content (AvgIpc) is 3.83. The van der Waals surface area contributed by atoms with Gasteiger partial charge in [0.05, 0.1) is 22.1 Å². The number of aromatic amines is 1. The van der Waals surface area contributed by atoms with Crippen LogP contribution in [0.3, 0.4) is 0 Å². The Hall–Kier alpha value is -5.76. The van der Waals surface area contributed by atoms with Gasteiger partial charge in [-0.15, -0.1) is 0 Å². The van der Waals surface area contributed by atoms with E-state index in [9.17, 15) is 14.4 Å². The molecule has 1 heterocycles. The first-order chi connectivity index (χ1) is 29.7. The molecule has 4 fully saturated rings. The second-order valence-corrected chi connectivity index (χ2v) is 17.8. The van der Waals surface area contributed by atoms with E-state index < -0.39 is 30.3 Å². The van der Waals surface area contributed by atoms with E-state index in [4.69, 9.17) is 19.2 Å². The van der Waals surface area contributed by atoms with E-state index in [2.05, 4.69) is 49.7 Å². The highest BCUT2D eigenvalue weighted by Crippen LogP contribution is 2.59. The van der Waals surface area contributed by atoms with Gasteiger partial charge in [0.1, 0.15) is 24.1 Å². The van der Waals surface area contributed by atoms with Gasteiger partial charge < -0.3 is 19.2 Å². The summed E-state index contributed by atoms with van der Waals surface area (Å²) in [7, 11) is 0. The SMILES string of the molecule is C=C1/C(=C\C=C2/CCCC3(C)C(C/C=C/C(OC(=O)c4ccccc4)C4(c5ncc(CCC)[nH]5)CC4)CCC23)CC(OC(=O)c2ccccc2)CC1OC(=O)c1ccccc1. The third kappa shape index (κ3) is 9.29. The van der Waals surface area contributed by atoms with Gasteiger partial charge in [-0.25, -0.2) is 19.4 Å². The number of carbonyl (C=O) groups is 3. The number of carbonyl (C=O) groups excluding carboxylic acids is 3. The number of aryl methyl sites for hydroxylation is 1. The molecule has 4 aliphatic rings. The summed E-state index contributed by atoms with van der Waals surface area (Å²) in [6, 6.07) is 27.2. The summed E-state index contributed by atoms with van der Waals surface area (Å²) in [6.45, 7) is 9.05. The molecule has 8 heteroatoms. The number of aromatic nitrogens is 2. The minimum absolute atomic E-state index is 0.127. The summed E-state index contributed by atoms with van der Waals surface area (Å²) < 4.78 is 18.4. The van der Waals surface area contributed by atoms with Gasteiger partial charge in [0.25, 0.3) is 0 Å². The van der Waals surface area contributed by atoms with Gasteiger partial charge >= 0.3 is 17.9 Å². The molecule has 6 atom stereocenters. The Morgan fingerprint density at radius 1 is 0.852 bits per heavy atom. The first kappa shape index (κ1) is 42.0. The Balaban J connectivity index is 0.991. The smallest absolute Gasteiger partial charge is 0.338 e. The van der Waals surface area contributed by atoms with Gasteiger partial charge in [0.2, 0.25) is 0 Å². The van der Waals surface area contributed by atoms with Crippen LogP contribution in [0.2, 0.25) is 0 Å². The lowest BCUT2D eigenvalue weighted by Crippen LogP contribution is -2.34. The molecule has 0 amide bonds. The first-order valence-corrected chi connectivity index (χ1v) is 22.2. The van der Waals surface area contributed by atoms with Crippen LogP contribution in [0.4, 0.5) is 0 Å². The molecule has 4 aliphatic carbocycles. The Morgan fingerprint density at radius 3 is 2.13 bits per heavy atom. The quantitative estimate of drug-likeness (QED) is 0.0767. The predicted octanol–water partition coefficient (Wildman–Crippen LogP) is 11.4. The summed E-state index contributed by atoms with van der Waals surface area (Å²) in [5, 5.41) is 0. The highest BCUT2D eigenvalue weighted by Gasteiger charge is 2.55. The molecule has 0 spiro atoms. The molecule has 8 rings (SSSR count). The molecule has 3 aromatic carbocycles. The van der Waals surface area contributed by atoms with Crippen LogP contribution >= 0.6 is 0 Å². The van der Waals surface area contributed by atoms with Crippen LogP contribution in [0.25, 0.3) is 0 Å². The number of nitrogens with one attached hydrogen (secondary N) is 1. The van der Waals surface area contributed by atoms with Crippen LogP contribution in [0.15, 0.2) is 145 Å². The van der Waals surface area contributed by atoms with E-state index >= 15 is 0 Å². The maximum Gasteiger partial charge on any atom is 0.338 e. The summed E-state index contributed by atoms with van der Waals surface area (Å²) in [5.41, 5.74) is 5.52. The Labute approximate surface area is 360 Å². The van der Waals surface area contributed by atoms with Crippen LogP contribution in [0, 0.1) is 17.3 Å². The van der Waals surface area contributed by atoms with Crippen molar-refractivity contribution < 1.29 is 28.6 Å². The number of hydrogen-bond donors (Lipinski definition) is 1. The summed E-state index contributed by atoms with van der Waals surface area (Å²) in [4.78, 5) is 48.3. The number of allylic oxidation sites excluding steroid dienone is 4. The molecule has 316 valence electrons. The molecule has 1 N–H and O–H groups in total. The summed E-state index contributed by atoms with van der Waals surface area (Å²) in [5.74, 6) is 0.703. The van der Waals surface area contributed by atoms with Crippen molar-refractivity contribution in [1.82, 2.24) is 9.97 Å². The van der Waals surface area contributed by atoms with E-state index in [1.165, 1.54) is 5.57 Å². The van der Waals surface area contributed by atoms with Gasteiger partial charge in [-0.3, -0.25) is 0 Å². The number of benzene rings is 3. The Bertz CT molecular complexity index is 2290. The molecular formula is C53H58N2O6. The fraction of sp³-hybridized carbons (Fsp3) is 0.396. The van der Waals surface area contributed by atoms with Crippen LogP contribution in [-0.4, -0.2) is 46.2 Å². The Kier molecular flexibility index (Phi) is 12.7. The van der Waals surface area contributed by atoms with Gasteiger partial charge in [-0.2, -0.15) is 0 Å². The number of ether oxygens (including phenoxy) is 3. The molecule has 1 aromatic heterocycles.